The van der Waals surface area contributed by atoms with Crippen LogP contribution in [0.15, 0.2) is 99.9 Å². The Morgan fingerprint density at radius 1 is 0.595 bits per heavy atom. The third-order valence-corrected chi connectivity index (χ3v) is 6.78. The van der Waals surface area contributed by atoms with Crippen LogP contribution >= 0.6 is 31.9 Å². The molecule has 2 N–H and O–H groups in total. The summed E-state index contributed by atoms with van der Waals surface area (Å²) in [5.74, 6) is -1.66. The van der Waals surface area contributed by atoms with Crippen LogP contribution in [0.1, 0.15) is 41.4 Å². The molecular formula is C28H17Br2N3O4. The van der Waals surface area contributed by atoms with Gasteiger partial charge in [0.15, 0.2) is 0 Å². The van der Waals surface area contributed by atoms with Gasteiger partial charge in [-0.1, -0.05) is 37.9 Å². The van der Waals surface area contributed by atoms with Gasteiger partial charge in [-0.15, -0.1) is 0 Å². The van der Waals surface area contributed by atoms with Gasteiger partial charge in [0.25, 0.3) is 23.6 Å². The number of amides is 4. The summed E-state index contributed by atoms with van der Waals surface area (Å²) >= 11 is 6.67. The number of halogens is 2. The molecule has 7 nitrogen and oxygen atoms in total. The number of rotatable bonds is 5. The van der Waals surface area contributed by atoms with E-state index in [0.29, 0.717) is 28.2 Å². The van der Waals surface area contributed by atoms with Crippen molar-refractivity contribution >= 4 is 72.6 Å². The van der Waals surface area contributed by atoms with Crippen molar-refractivity contribution in [1.29, 1.82) is 0 Å². The summed E-state index contributed by atoms with van der Waals surface area (Å²) in [5, 5.41) is 5.55. The highest BCUT2D eigenvalue weighted by atomic mass is 79.9. The van der Waals surface area contributed by atoms with Crippen LogP contribution in [0.4, 0.5) is 17.1 Å². The first kappa shape index (κ1) is 24.6. The van der Waals surface area contributed by atoms with Gasteiger partial charge in [0.05, 0.1) is 16.8 Å². The lowest BCUT2D eigenvalue weighted by Gasteiger charge is -2.15. The Bertz CT molecular complexity index is 1570. The van der Waals surface area contributed by atoms with Crippen LogP contribution in [0.25, 0.3) is 0 Å². The first-order chi connectivity index (χ1) is 17.8. The number of anilines is 3. The molecule has 0 spiro atoms. The molecule has 0 fully saturated rings. The van der Waals surface area contributed by atoms with Gasteiger partial charge < -0.3 is 10.6 Å². The fourth-order valence-electron chi connectivity index (χ4n) is 3.88. The van der Waals surface area contributed by atoms with Gasteiger partial charge in [-0.05, 0) is 84.9 Å². The van der Waals surface area contributed by atoms with E-state index in [2.05, 4.69) is 42.5 Å². The van der Waals surface area contributed by atoms with E-state index in [1.807, 2.05) is 0 Å². The van der Waals surface area contributed by atoms with Crippen molar-refractivity contribution in [3.05, 3.63) is 122 Å². The summed E-state index contributed by atoms with van der Waals surface area (Å²) in [6, 6.07) is 24.9. The number of fused-ring (bicyclic) bond motifs is 1. The van der Waals surface area contributed by atoms with Crippen LogP contribution in [0.2, 0.25) is 0 Å². The average molecular weight is 619 g/mol. The van der Waals surface area contributed by atoms with Gasteiger partial charge in [0.2, 0.25) is 0 Å². The van der Waals surface area contributed by atoms with E-state index in [-0.39, 0.29) is 22.9 Å². The molecule has 1 aliphatic rings. The Morgan fingerprint density at radius 3 is 1.68 bits per heavy atom. The lowest BCUT2D eigenvalue weighted by atomic mass is 10.1. The molecule has 1 heterocycles. The van der Waals surface area contributed by atoms with Gasteiger partial charge in [0.1, 0.15) is 0 Å². The fraction of sp³-hybridized carbons (Fsp3) is 0. The summed E-state index contributed by atoms with van der Waals surface area (Å²) in [4.78, 5) is 52.6. The Hall–Kier alpha value is -4.08. The highest BCUT2D eigenvalue weighted by Crippen LogP contribution is 2.32. The van der Waals surface area contributed by atoms with E-state index in [0.717, 1.165) is 13.8 Å². The van der Waals surface area contributed by atoms with E-state index >= 15 is 0 Å². The Kier molecular flexibility index (Phi) is 6.73. The first-order valence-corrected chi connectivity index (χ1v) is 12.7. The van der Waals surface area contributed by atoms with Crippen molar-refractivity contribution in [1.82, 2.24) is 0 Å². The molecule has 4 aromatic carbocycles. The van der Waals surface area contributed by atoms with Crippen LogP contribution < -0.4 is 15.5 Å². The third kappa shape index (κ3) is 5.09. The zero-order valence-electron chi connectivity index (χ0n) is 19.0. The molecule has 0 aliphatic carbocycles. The maximum Gasteiger partial charge on any atom is 0.266 e. The van der Waals surface area contributed by atoms with E-state index in [4.69, 9.17) is 0 Å². The minimum atomic E-state index is -0.517. The van der Waals surface area contributed by atoms with E-state index < -0.39 is 11.8 Å². The number of nitrogens with one attached hydrogen (secondary N) is 2. The molecule has 0 radical (unpaired) electrons. The Morgan fingerprint density at radius 2 is 1.11 bits per heavy atom. The second kappa shape index (κ2) is 10.1. The highest BCUT2D eigenvalue weighted by molar-refractivity contribution is 9.10. The van der Waals surface area contributed by atoms with Crippen LogP contribution in [-0.2, 0) is 0 Å². The minimum absolute atomic E-state index is 0.183. The SMILES string of the molecule is O=C(Nc1cccc(N2C(=O)c3ccc(NC(=O)c4ccc(Br)cc4)cc3C2=O)c1)c1ccc(Br)cc1. The number of carbonyl (C=O) groups excluding carboxylic acids is 4. The summed E-state index contributed by atoms with van der Waals surface area (Å²) < 4.78 is 1.70. The number of hydrogen-bond donors (Lipinski definition) is 2. The van der Waals surface area contributed by atoms with E-state index in [1.165, 1.54) is 12.1 Å². The smallest absolute Gasteiger partial charge is 0.266 e. The maximum absolute atomic E-state index is 13.2. The van der Waals surface area contributed by atoms with Crippen LogP contribution in [0.3, 0.4) is 0 Å². The molecule has 0 atom stereocenters. The Balaban J connectivity index is 1.35. The van der Waals surface area contributed by atoms with Crippen molar-refractivity contribution in [3.8, 4) is 0 Å². The minimum Gasteiger partial charge on any atom is -0.322 e. The van der Waals surface area contributed by atoms with Crippen molar-refractivity contribution in [2.24, 2.45) is 0 Å². The van der Waals surface area contributed by atoms with Crippen LogP contribution in [0, 0.1) is 0 Å². The molecule has 0 aromatic heterocycles. The molecule has 182 valence electrons. The van der Waals surface area contributed by atoms with Crippen molar-refractivity contribution in [2.75, 3.05) is 15.5 Å². The molecule has 0 unspecified atom stereocenters. The molecule has 5 rings (SSSR count). The summed E-state index contributed by atoms with van der Waals surface area (Å²) in [5.41, 5.74) is 2.48. The molecule has 4 amide bonds. The molecule has 4 aromatic rings. The molecule has 37 heavy (non-hydrogen) atoms. The van der Waals surface area contributed by atoms with Crippen LogP contribution in [-0.4, -0.2) is 23.6 Å². The summed E-state index contributed by atoms with van der Waals surface area (Å²) in [6.07, 6.45) is 0. The standard InChI is InChI=1S/C28H17Br2N3O4/c29-18-8-4-16(5-9-18)25(34)31-20-2-1-3-22(14-20)33-27(36)23-13-12-21(15-24(23)28(33)37)32-26(35)17-6-10-19(30)11-7-17/h1-15H,(H,31,34)(H,32,35). The van der Waals surface area contributed by atoms with E-state index in [9.17, 15) is 19.2 Å². The molecule has 9 heteroatoms. The summed E-state index contributed by atoms with van der Waals surface area (Å²) in [7, 11) is 0. The van der Waals surface area contributed by atoms with Crippen molar-refractivity contribution in [3.63, 3.8) is 0 Å². The van der Waals surface area contributed by atoms with Crippen molar-refractivity contribution in [2.45, 2.75) is 0 Å². The monoisotopic (exact) mass is 617 g/mol. The fourth-order valence-corrected chi connectivity index (χ4v) is 4.41. The second-order valence-corrected chi connectivity index (χ2v) is 10.0. The van der Waals surface area contributed by atoms with Gasteiger partial charge >= 0.3 is 0 Å². The molecule has 0 saturated carbocycles. The second-order valence-electron chi connectivity index (χ2n) is 8.18. The quantitative estimate of drug-likeness (QED) is 0.249. The molecule has 0 saturated heterocycles. The molecule has 0 bridgehead atoms. The van der Waals surface area contributed by atoms with Gasteiger partial charge in [-0.3, -0.25) is 19.2 Å². The lowest BCUT2D eigenvalue weighted by molar-refractivity contribution is 0.0924. The number of imide groups is 1. The molecule has 1 aliphatic heterocycles. The van der Waals surface area contributed by atoms with Gasteiger partial charge in [-0.2, -0.15) is 0 Å². The predicted octanol–water partition coefficient (Wildman–Crippen LogP) is 6.52. The van der Waals surface area contributed by atoms with Crippen LogP contribution in [0.5, 0.6) is 0 Å². The highest BCUT2D eigenvalue weighted by Gasteiger charge is 2.37. The lowest BCUT2D eigenvalue weighted by Crippen LogP contribution is -2.29. The Labute approximate surface area is 228 Å². The number of nitrogens with zero attached hydrogens (tertiary/aromatic N) is 1. The molecular weight excluding hydrogens is 602 g/mol. The first-order valence-electron chi connectivity index (χ1n) is 11.1. The average Bonchev–Trinajstić information content (AvgIpc) is 3.14. The van der Waals surface area contributed by atoms with Gasteiger partial charge in [0, 0.05) is 31.4 Å². The van der Waals surface area contributed by atoms with Gasteiger partial charge in [-0.25, -0.2) is 4.90 Å². The zero-order chi connectivity index (χ0) is 26.1. The topological polar surface area (TPSA) is 95.6 Å². The maximum atomic E-state index is 13.2. The third-order valence-electron chi connectivity index (χ3n) is 5.72. The summed E-state index contributed by atoms with van der Waals surface area (Å²) in [6.45, 7) is 0. The van der Waals surface area contributed by atoms with Crippen molar-refractivity contribution < 1.29 is 19.2 Å². The predicted molar refractivity (Wildman–Crippen MR) is 148 cm³/mol. The normalized spacial score (nSPS) is 12.3. The largest absolute Gasteiger partial charge is 0.322 e. The number of hydrogen-bond acceptors (Lipinski definition) is 4. The number of benzene rings is 4. The number of carbonyl (C=O) groups is 4. The zero-order valence-corrected chi connectivity index (χ0v) is 22.2. The van der Waals surface area contributed by atoms with E-state index in [1.54, 1.807) is 78.9 Å².